The van der Waals surface area contributed by atoms with Crippen LogP contribution in [-0.4, -0.2) is 22.7 Å². The first-order valence-corrected chi connectivity index (χ1v) is 7.20. The Morgan fingerprint density at radius 1 is 1.35 bits per heavy atom. The van der Waals surface area contributed by atoms with Crippen LogP contribution < -0.4 is 10.1 Å². The lowest BCUT2D eigenvalue weighted by molar-refractivity contribution is 0.312. The van der Waals surface area contributed by atoms with Crippen LogP contribution in [0.15, 0.2) is 36.7 Å². The zero-order valence-electron chi connectivity index (χ0n) is 12.3. The van der Waals surface area contributed by atoms with Crippen molar-refractivity contribution in [3.8, 4) is 5.75 Å². The minimum absolute atomic E-state index is 0.665. The Bertz CT molecular complexity index is 522. The Morgan fingerprint density at radius 2 is 2.25 bits per heavy atom. The van der Waals surface area contributed by atoms with E-state index in [4.69, 9.17) is 4.74 Å². The Hall–Kier alpha value is -1.81. The Balaban J connectivity index is 1.67. The number of ether oxygens (including phenoxy) is 1. The summed E-state index contributed by atoms with van der Waals surface area (Å²) in [4.78, 5) is 4.36. The molecular weight excluding hydrogens is 250 g/mol. The van der Waals surface area contributed by atoms with Gasteiger partial charge in [0.1, 0.15) is 18.2 Å². The summed E-state index contributed by atoms with van der Waals surface area (Å²) >= 11 is 0. The molecule has 2 rings (SSSR count). The van der Waals surface area contributed by atoms with Crippen LogP contribution >= 0.6 is 0 Å². The molecule has 0 unspecified atom stereocenters. The monoisotopic (exact) mass is 273 g/mol. The fourth-order valence-corrected chi connectivity index (χ4v) is 2.10. The molecule has 1 aromatic carbocycles. The zero-order chi connectivity index (χ0) is 14.2. The summed E-state index contributed by atoms with van der Waals surface area (Å²) in [6.45, 7) is 7.53. The predicted molar refractivity (Wildman–Crippen MR) is 80.9 cm³/mol. The molecule has 0 saturated carbocycles. The normalized spacial score (nSPS) is 10.7. The van der Waals surface area contributed by atoms with Crippen LogP contribution in [0, 0.1) is 6.92 Å². The van der Waals surface area contributed by atoms with Crippen LogP contribution in [0.1, 0.15) is 24.7 Å². The quantitative estimate of drug-likeness (QED) is 0.752. The summed E-state index contributed by atoms with van der Waals surface area (Å²) < 4.78 is 7.88. The van der Waals surface area contributed by atoms with E-state index >= 15 is 0 Å². The molecule has 1 aromatic heterocycles. The van der Waals surface area contributed by atoms with Crippen LogP contribution in [0.2, 0.25) is 0 Å². The number of benzene rings is 1. The summed E-state index contributed by atoms with van der Waals surface area (Å²) in [6.07, 6.45) is 5.01. The van der Waals surface area contributed by atoms with Gasteiger partial charge in [-0.2, -0.15) is 0 Å². The summed E-state index contributed by atoms with van der Waals surface area (Å²) in [7, 11) is 0. The van der Waals surface area contributed by atoms with Gasteiger partial charge in [0.25, 0.3) is 0 Å². The first kappa shape index (κ1) is 14.6. The zero-order valence-corrected chi connectivity index (χ0v) is 12.3. The van der Waals surface area contributed by atoms with Crippen molar-refractivity contribution in [2.45, 2.75) is 33.4 Å². The molecule has 1 N–H and O–H groups in total. The van der Waals surface area contributed by atoms with Crippen LogP contribution in [0.25, 0.3) is 0 Å². The predicted octanol–water partition coefficient (Wildman–Crippen LogP) is 2.77. The standard InChI is InChI=1S/C16H23N3O/c1-3-9-19-10-7-18-16(19)13-17-8-11-20-15-6-4-5-14(2)12-15/h4-7,10,12,17H,3,8-9,11,13H2,1-2H3. The van der Waals surface area contributed by atoms with E-state index in [1.807, 2.05) is 30.6 Å². The van der Waals surface area contributed by atoms with E-state index in [-0.39, 0.29) is 0 Å². The van der Waals surface area contributed by atoms with Crippen molar-refractivity contribution >= 4 is 0 Å². The molecule has 0 bridgehead atoms. The lowest BCUT2D eigenvalue weighted by atomic mass is 10.2. The van der Waals surface area contributed by atoms with Crippen molar-refractivity contribution in [3.05, 3.63) is 48.0 Å². The highest BCUT2D eigenvalue weighted by Gasteiger charge is 2.01. The second kappa shape index (κ2) is 7.70. The molecule has 108 valence electrons. The molecule has 20 heavy (non-hydrogen) atoms. The largest absolute Gasteiger partial charge is 0.492 e. The lowest BCUT2D eigenvalue weighted by Gasteiger charge is -2.09. The second-order valence-corrected chi connectivity index (χ2v) is 4.88. The molecule has 0 aliphatic carbocycles. The highest BCUT2D eigenvalue weighted by Crippen LogP contribution is 2.11. The molecule has 0 atom stereocenters. The van der Waals surface area contributed by atoms with Crippen molar-refractivity contribution in [1.29, 1.82) is 0 Å². The fraction of sp³-hybridized carbons (Fsp3) is 0.438. The van der Waals surface area contributed by atoms with Gasteiger partial charge in [-0.05, 0) is 31.0 Å². The molecule has 2 aromatic rings. The average Bonchev–Trinajstić information content (AvgIpc) is 2.86. The molecule has 4 nitrogen and oxygen atoms in total. The maximum atomic E-state index is 5.69. The fourth-order valence-electron chi connectivity index (χ4n) is 2.10. The molecule has 0 amide bonds. The smallest absolute Gasteiger partial charge is 0.122 e. The number of aromatic nitrogens is 2. The summed E-state index contributed by atoms with van der Waals surface area (Å²) in [6, 6.07) is 8.12. The number of rotatable bonds is 8. The Labute approximate surface area is 120 Å². The topological polar surface area (TPSA) is 39.1 Å². The molecule has 4 heteroatoms. The number of nitrogens with one attached hydrogen (secondary N) is 1. The van der Waals surface area contributed by atoms with Gasteiger partial charge in [0, 0.05) is 25.5 Å². The van der Waals surface area contributed by atoms with Gasteiger partial charge < -0.3 is 14.6 Å². The molecule has 0 fully saturated rings. The van der Waals surface area contributed by atoms with E-state index in [0.29, 0.717) is 6.61 Å². The molecular formula is C16H23N3O. The number of imidazole rings is 1. The maximum Gasteiger partial charge on any atom is 0.122 e. The van der Waals surface area contributed by atoms with Gasteiger partial charge in [-0.1, -0.05) is 19.1 Å². The van der Waals surface area contributed by atoms with Gasteiger partial charge in [-0.3, -0.25) is 0 Å². The summed E-state index contributed by atoms with van der Waals surface area (Å²) in [5, 5.41) is 3.36. The number of aryl methyl sites for hydroxylation is 2. The molecule has 0 aliphatic heterocycles. The highest BCUT2D eigenvalue weighted by atomic mass is 16.5. The molecule has 0 saturated heterocycles. The molecule has 0 spiro atoms. The van der Waals surface area contributed by atoms with E-state index < -0.39 is 0 Å². The number of hydrogen-bond donors (Lipinski definition) is 1. The first-order valence-electron chi connectivity index (χ1n) is 7.20. The van der Waals surface area contributed by atoms with Gasteiger partial charge in [0.15, 0.2) is 0 Å². The van der Waals surface area contributed by atoms with Crippen molar-refractivity contribution in [1.82, 2.24) is 14.9 Å². The highest BCUT2D eigenvalue weighted by molar-refractivity contribution is 5.27. The van der Waals surface area contributed by atoms with E-state index in [1.54, 1.807) is 0 Å². The van der Waals surface area contributed by atoms with Gasteiger partial charge in [0.2, 0.25) is 0 Å². The van der Waals surface area contributed by atoms with E-state index in [2.05, 4.69) is 34.8 Å². The summed E-state index contributed by atoms with van der Waals surface area (Å²) in [5.41, 5.74) is 1.22. The van der Waals surface area contributed by atoms with Crippen LogP contribution in [0.3, 0.4) is 0 Å². The van der Waals surface area contributed by atoms with E-state index in [1.165, 1.54) is 5.56 Å². The minimum atomic E-state index is 0.665. The molecule has 0 aliphatic rings. The minimum Gasteiger partial charge on any atom is -0.492 e. The maximum absolute atomic E-state index is 5.69. The van der Waals surface area contributed by atoms with E-state index in [0.717, 1.165) is 37.6 Å². The third kappa shape index (κ3) is 4.38. The van der Waals surface area contributed by atoms with Crippen molar-refractivity contribution in [3.63, 3.8) is 0 Å². The lowest BCUT2D eigenvalue weighted by Crippen LogP contribution is -2.22. The van der Waals surface area contributed by atoms with Crippen LogP contribution in [-0.2, 0) is 13.1 Å². The number of hydrogen-bond acceptors (Lipinski definition) is 3. The Morgan fingerprint density at radius 3 is 3.05 bits per heavy atom. The van der Waals surface area contributed by atoms with Gasteiger partial charge in [0.05, 0.1) is 6.54 Å². The number of nitrogens with zero attached hydrogens (tertiary/aromatic N) is 2. The average molecular weight is 273 g/mol. The van der Waals surface area contributed by atoms with Crippen molar-refractivity contribution in [2.75, 3.05) is 13.2 Å². The second-order valence-electron chi connectivity index (χ2n) is 4.88. The van der Waals surface area contributed by atoms with Gasteiger partial charge in [-0.25, -0.2) is 4.98 Å². The third-order valence-corrected chi connectivity index (χ3v) is 3.09. The van der Waals surface area contributed by atoms with Gasteiger partial charge >= 0.3 is 0 Å². The third-order valence-electron chi connectivity index (χ3n) is 3.09. The molecule has 1 heterocycles. The van der Waals surface area contributed by atoms with Crippen molar-refractivity contribution in [2.24, 2.45) is 0 Å². The Kier molecular flexibility index (Phi) is 5.62. The molecule has 0 radical (unpaired) electrons. The van der Waals surface area contributed by atoms with E-state index in [9.17, 15) is 0 Å². The summed E-state index contributed by atoms with van der Waals surface area (Å²) in [5.74, 6) is 2.02. The van der Waals surface area contributed by atoms with Gasteiger partial charge in [-0.15, -0.1) is 0 Å². The SMILES string of the molecule is CCCn1ccnc1CNCCOc1cccc(C)c1. The van der Waals surface area contributed by atoms with Crippen LogP contribution in [0.5, 0.6) is 5.75 Å². The van der Waals surface area contributed by atoms with Crippen LogP contribution in [0.4, 0.5) is 0 Å². The first-order chi connectivity index (χ1) is 9.79. The van der Waals surface area contributed by atoms with Crippen molar-refractivity contribution < 1.29 is 4.74 Å².